The molecule has 0 fully saturated rings. The van der Waals surface area contributed by atoms with E-state index >= 15 is 0 Å². The summed E-state index contributed by atoms with van der Waals surface area (Å²) in [5, 5.41) is 64.8. The van der Waals surface area contributed by atoms with E-state index in [-0.39, 0.29) is 40.2 Å². The van der Waals surface area contributed by atoms with Crippen molar-refractivity contribution in [2.75, 3.05) is 0 Å². The lowest BCUT2D eigenvalue weighted by Gasteiger charge is -2.32. The number of carbonyl (C=O) groups is 1. The second-order valence-corrected chi connectivity index (χ2v) is 13.7. The first kappa shape index (κ1) is 30.1. The number of rotatable bonds is 3. The van der Waals surface area contributed by atoms with Gasteiger partial charge in [0.1, 0.15) is 69.4 Å². The molecule has 3 heterocycles. The van der Waals surface area contributed by atoms with Crippen LogP contribution in [0.2, 0.25) is 0 Å². The third kappa shape index (κ3) is 3.97. The van der Waals surface area contributed by atoms with E-state index in [9.17, 15) is 35.4 Å². The molecule has 6 aromatic rings. The van der Waals surface area contributed by atoms with E-state index in [0.29, 0.717) is 61.6 Å². The van der Waals surface area contributed by atoms with Crippen molar-refractivity contribution < 1.29 is 49.6 Å². The number of benzene rings is 6. The van der Waals surface area contributed by atoms with Gasteiger partial charge in [0.05, 0.1) is 11.8 Å². The summed E-state index contributed by atoms with van der Waals surface area (Å²) in [6, 6.07) is 28.5. The molecule has 5 atom stereocenters. The van der Waals surface area contributed by atoms with E-state index in [4.69, 9.17) is 14.2 Å². The zero-order valence-electron chi connectivity index (χ0n) is 27.0. The van der Waals surface area contributed by atoms with E-state index < -0.39 is 35.4 Å². The number of hydrogen-bond acceptors (Lipinski definition) is 10. The fraction of sp³-hybridized carbons (Fsp3) is 0.119. The minimum Gasteiger partial charge on any atom is -0.508 e. The monoisotopic (exact) mass is 692 g/mol. The number of phenols is 6. The van der Waals surface area contributed by atoms with Crippen LogP contribution in [0, 0.1) is 0 Å². The highest BCUT2D eigenvalue weighted by Crippen LogP contribution is 2.66. The average Bonchev–Trinajstić information content (AvgIpc) is 3.78. The SMILES string of the molecule is O=C1Oc2cc(O)cc3c2C1(c1ccc(O)cc1)c1cc(O)cc2c1C(c1cc(O)cc4c1C3C(c1ccc(O)cc1)O4)C(c1ccc(O)cc1)O2. The molecular weight excluding hydrogens is 664 g/mol. The highest BCUT2D eigenvalue weighted by atomic mass is 16.5. The lowest BCUT2D eigenvalue weighted by atomic mass is 9.65. The Morgan fingerprint density at radius 3 is 1.52 bits per heavy atom. The predicted octanol–water partition coefficient (Wildman–Crippen LogP) is 7.02. The lowest BCUT2D eigenvalue weighted by molar-refractivity contribution is -0.135. The summed E-state index contributed by atoms with van der Waals surface area (Å²) in [5.41, 5.74) is 3.11. The summed E-state index contributed by atoms with van der Waals surface area (Å²) in [6.45, 7) is 0. The van der Waals surface area contributed by atoms with E-state index in [1.54, 1.807) is 72.8 Å². The van der Waals surface area contributed by atoms with Crippen molar-refractivity contribution >= 4 is 5.97 Å². The molecule has 52 heavy (non-hydrogen) atoms. The first-order valence-electron chi connectivity index (χ1n) is 16.7. The standard InChI is InChI=1S/C42H28O10/c43-22-7-1-19(2-8-22)39-35-28-13-25(46)16-31-34(28)36(40(50-31)20-3-9-23(44)10-4-20)29-14-26(47)18-33-38(29)42(41(49)52-33,21-5-11-24(45)12-6-21)30-15-27(48)17-32(51-39)37(30)35/h1-18,35-36,39-40,43-48H. The van der Waals surface area contributed by atoms with Crippen LogP contribution in [-0.4, -0.2) is 36.6 Å². The quantitative estimate of drug-likeness (QED) is 0.0839. The number of aromatic hydroxyl groups is 6. The van der Waals surface area contributed by atoms with Crippen molar-refractivity contribution in [3.8, 4) is 51.7 Å². The van der Waals surface area contributed by atoms with Gasteiger partial charge in [0, 0.05) is 34.9 Å². The van der Waals surface area contributed by atoms with E-state index in [0.717, 1.165) is 0 Å². The first-order chi connectivity index (χ1) is 25.1. The van der Waals surface area contributed by atoms with E-state index in [1.807, 2.05) is 0 Å². The number of esters is 1. The molecular formula is C42H28O10. The highest BCUT2D eigenvalue weighted by Gasteiger charge is 2.60. The van der Waals surface area contributed by atoms with Gasteiger partial charge in [-0.1, -0.05) is 36.4 Å². The van der Waals surface area contributed by atoms with Gasteiger partial charge < -0.3 is 44.8 Å². The van der Waals surface area contributed by atoms with Gasteiger partial charge in [0.25, 0.3) is 0 Å². The molecule has 10 rings (SSSR count). The number of fused-ring (bicyclic) bond motifs is 3. The highest BCUT2D eigenvalue weighted by molar-refractivity contribution is 6.00. The number of phenolic OH excluding ortho intramolecular Hbond substituents is 6. The molecule has 0 radical (unpaired) electrons. The zero-order chi connectivity index (χ0) is 35.6. The number of carbonyl (C=O) groups excluding carboxylic acids is 1. The molecule has 5 unspecified atom stereocenters. The molecule has 0 bridgehead atoms. The summed E-state index contributed by atoms with van der Waals surface area (Å²) in [4.78, 5) is 15.0. The van der Waals surface area contributed by atoms with Crippen LogP contribution in [0.1, 0.15) is 74.1 Å². The Morgan fingerprint density at radius 1 is 0.481 bits per heavy atom. The van der Waals surface area contributed by atoms with Crippen LogP contribution in [0.4, 0.5) is 0 Å². The Kier molecular flexibility index (Phi) is 5.99. The third-order valence-electron chi connectivity index (χ3n) is 10.8. The Bertz CT molecular complexity index is 2450. The Labute approximate surface area is 295 Å². The average molecular weight is 693 g/mol. The summed E-state index contributed by atoms with van der Waals surface area (Å²) < 4.78 is 19.6. The van der Waals surface area contributed by atoms with Crippen LogP contribution in [0.15, 0.2) is 109 Å². The molecule has 0 amide bonds. The Balaban J connectivity index is 1.40. The fourth-order valence-electron chi connectivity index (χ4n) is 8.86. The van der Waals surface area contributed by atoms with Crippen LogP contribution >= 0.6 is 0 Å². The van der Waals surface area contributed by atoms with Crippen LogP contribution < -0.4 is 14.2 Å². The lowest BCUT2D eigenvalue weighted by Crippen LogP contribution is -2.38. The summed E-state index contributed by atoms with van der Waals surface area (Å²) in [6.07, 6.45) is -1.56. The summed E-state index contributed by atoms with van der Waals surface area (Å²) >= 11 is 0. The van der Waals surface area contributed by atoms with Crippen LogP contribution in [-0.2, 0) is 10.2 Å². The molecule has 0 saturated heterocycles. The fourth-order valence-corrected chi connectivity index (χ4v) is 8.86. The molecule has 3 aliphatic heterocycles. The molecule has 256 valence electrons. The Morgan fingerprint density at radius 2 is 0.942 bits per heavy atom. The molecule has 4 aliphatic rings. The van der Waals surface area contributed by atoms with Gasteiger partial charge in [0.2, 0.25) is 0 Å². The van der Waals surface area contributed by atoms with Crippen LogP contribution in [0.3, 0.4) is 0 Å². The van der Waals surface area contributed by atoms with Crippen molar-refractivity contribution in [1.82, 2.24) is 0 Å². The van der Waals surface area contributed by atoms with Crippen molar-refractivity contribution in [2.24, 2.45) is 0 Å². The van der Waals surface area contributed by atoms with Gasteiger partial charge >= 0.3 is 5.97 Å². The van der Waals surface area contributed by atoms with Gasteiger partial charge in [-0.2, -0.15) is 0 Å². The molecule has 0 spiro atoms. The molecule has 0 aromatic heterocycles. The molecule has 1 aliphatic carbocycles. The Hall–Kier alpha value is -6.81. The molecule has 6 N–H and O–H groups in total. The summed E-state index contributed by atoms with van der Waals surface area (Å²) in [5.74, 6) is -1.72. The van der Waals surface area contributed by atoms with E-state index in [1.165, 1.54) is 36.4 Å². The van der Waals surface area contributed by atoms with Crippen LogP contribution in [0.5, 0.6) is 51.7 Å². The van der Waals surface area contributed by atoms with Crippen molar-refractivity contribution in [3.05, 3.63) is 159 Å². The smallest absolute Gasteiger partial charge is 0.331 e. The van der Waals surface area contributed by atoms with Gasteiger partial charge in [0.15, 0.2) is 0 Å². The van der Waals surface area contributed by atoms with Gasteiger partial charge in [-0.05, 0) is 88.0 Å². The maximum absolute atomic E-state index is 15.0. The molecule has 10 nitrogen and oxygen atoms in total. The second kappa shape index (κ2) is 10.4. The van der Waals surface area contributed by atoms with E-state index in [2.05, 4.69) is 0 Å². The van der Waals surface area contributed by atoms with Gasteiger partial charge in [-0.3, -0.25) is 0 Å². The van der Waals surface area contributed by atoms with Crippen LogP contribution in [0.25, 0.3) is 0 Å². The molecule has 6 aromatic carbocycles. The predicted molar refractivity (Wildman–Crippen MR) is 185 cm³/mol. The third-order valence-corrected chi connectivity index (χ3v) is 10.8. The largest absolute Gasteiger partial charge is 0.508 e. The van der Waals surface area contributed by atoms with Crippen molar-refractivity contribution in [2.45, 2.75) is 29.5 Å². The summed E-state index contributed by atoms with van der Waals surface area (Å²) in [7, 11) is 0. The minimum absolute atomic E-state index is 0.0282. The topological polar surface area (TPSA) is 166 Å². The van der Waals surface area contributed by atoms with Gasteiger partial charge in [-0.25, -0.2) is 4.79 Å². The maximum atomic E-state index is 15.0. The maximum Gasteiger partial charge on any atom is 0.331 e. The molecule has 10 heteroatoms. The van der Waals surface area contributed by atoms with Gasteiger partial charge in [-0.15, -0.1) is 0 Å². The normalized spacial score (nSPS) is 22.9. The minimum atomic E-state index is -1.77. The first-order valence-corrected chi connectivity index (χ1v) is 16.7. The number of ether oxygens (including phenoxy) is 3. The second-order valence-electron chi connectivity index (χ2n) is 13.7. The van der Waals surface area contributed by atoms with Crippen molar-refractivity contribution in [1.29, 1.82) is 0 Å². The zero-order valence-corrected chi connectivity index (χ0v) is 27.0. The number of hydrogen-bond donors (Lipinski definition) is 6. The molecule has 0 saturated carbocycles. The van der Waals surface area contributed by atoms with Crippen molar-refractivity contribution in [3.63, 3.8) is 0 Å².